The lowest BCUT2D eigenvalue weighted by atomic mass is 10.2. The molecule has 0 saturated heterocycles. The summed E-state index contributed by atoms with van der Waals surface area (Å²) >= 11 is 6.00. The van der Waals surface area contributed by atoms with Gasteiger partial charge in [-0.25, -0.2) is 4.79 Å². The second-order valence-electron chi connectivity index (χ2n) is 4.62. The first-order valence-electron chi connectivity index (χ1n) is 5.44. The van der Waals surface area contributed by atoms with E-state index < -0.39 is 10.5 Å². The van der Waals surface area contributed by atoms with Crippen molar-refractivity contribution < 1.29 is 14.3 Å². The largest absolute Gasteiger partial charge is 0.504 e. The van der Waals surface area contributed by atoms with E-state index in [9.17, 15) is 9.90 Å². The topological polar surface area (TPSA) is 59.7 Å². The van der Waals surface area contributed by atoms with Gasteiger partial charge in [0, 0.05) is 17.5 Å². The van der Waals surface area contributed by atoms with Crippen LogP contribution in [0, 0.1) is 0 Å². The summed E-state index contributed by atoms with van der Waals surface area (Å²) in [5, 5.41) is 10.4. The number of alkyl halides is 1. The van der Waals surface area contributed by atoms with Gasteiger partial charge in [0.15, 0.2) is 11.5 Å². The van der Waals surface area contributed by atoms with Gasteiger partial charge >= 0.3 is 5.63 Å². The second-order valence-corrected chi connectivity index (χ2v) is 5.64. The summed E-state index contributed by atoms with van der Waals surface area (Å²) in [5.41, 5.74) is -0.0838. The summed E-state index contributed by atoms with van der Waals surface area (Å²) in [7, 11) is 0. The molecular formula is C13H13ClO4. The SMILES string of the molecule is CC(C)(Cl)COc1cc2oc(=O)ccc2cc1O. The Bertz CT molecular complexity index is 625. The zero-order valence-electron chi connectivity index (χ0n) is 10.1. The van der Waals surface area contributed by atoms with Crippen molar-refractivity contribution in [3.8, 4) is 11.5 Å². The van der Waals surface area contributed by atoms with Crippen LogP contribution in [0.3, 0.4) is 0 Å². The fourth-order valence-corrected chi connectivity index (χ4v) is 1.50. The van der Waals surface area contributed by atoms with Gasteiger partial charge < -0.3 is 14.3 Å². The Hall–Kier alpha value is -1.68. The van der Waals surface area contributed by atoms with Gasteiger partial charge in [-0.05, 0) is 26.0 Å². The lowest BCUT2D eigenvalue weighted by molar-refractivity contribution is 0.271. The number of fused-ring (bicyclic) bond motifs is 1. The quantitative estimate of drug-likeness (QED) is 0.687. The highest BCUT2D eigenvalue weighted by atomic mass is 35.5. The molecule has 0 bridgehead atoms. The molecule has 18 heavy (non-hydrogen) atoms. The molecule has 4 nitrogen and oxygen atoms in total. The van der Waals surface area contributed by atoms with Crippen molar-refractivity contribution in [1.29, 1.82) is 0 Å². The van der Waals surface area contributed by atoms with Crippen molar-refractivity contribution in [3.05, 3.63) is 34.7 Å². The monoisotopic (exact) mass is 268 g/mol. The van der Waals surface area contributed by atoms with Gasteiger partial charge in [-0.2, -0.15) is 0 Å². The summed E-state index contributed by atoms with van der Waals surface area (Å²) < 4.78 is 10.4. The molecule has 0 aliphatic rings. The van der Waals surface area contributed by atoms with Crippen LogP contribution in [0.25, 0.3) is 11.0 Å². The molecule has 1 aromatic carbocycles. The molecule has 0 fully saturated rings. The number of benzene rings is 1. The molecule has 0 radical (unpaired) electrons. The van der Waals surface area contributed by atoms with Crippen LogP contribution in [0.1, 0.15) is 13.8 Å². The maximum Gasteiger partial charge on any atom is 0.336 e. The van der Waals surface area contributed by atoms with E-state index in [2.05, 4.69) is 0 Å². The van der Waals surface area contributed by atoms with Gasteiger partial charge in [0.1, 0.15) is 12.2 Å². The molecule has 0 spiro atoms. The Labute approximate surface area is 109 Å². The van der Waals surface area contributed by atoms with E-state index in [0.717, 1.165) is 0 Å². The van der Waals surface area contributed by atoms with E-state index in [0.29, 0.717) is 11.0 Å². The summed E-state index contributed by atoms with van der Waals surface area (Å²) in [4.78, 5) is 10.6. The lowest BCUT2D eigenvalue weighted by Gasteiger charge is -2.17. The molecule has 2 aromatic rings. The Morgan fingerprint density at radius 3 is 2.78 bits per heavy atom. The van der Waals surface area contributed by atoms with Crippen molar-refractivity contribution in [1.82, 2.24) is 0 Å². The normalized spacial score (nSPS) is 11.7. The first-order valence-corrected chi connectivity index (χ1v) is 5.81. The van der Waals surface area contributed by atoms with E-state index >= 15 is 0 Å². The van der Waals surface area contributed by atoms with Crippen LogP contribution < -0.4 is 10.4 Å². The standard InChI is InChI=1S/C13H13ClO4/c1-13(2,14)7-17-11-6-10-8(5-9(11)15)3-4-12(16)18-10/h3-6,15H,7H2,1-2H3. The first kappa shape index (κ1) is 12.8. The number of hydrogen-bond acceptors (Lipinski definition) is 4. The molecule has 1 N–H and O–H groups in total. The highest BCUT2D eigenvalue weighted by Crippen LogP contribution is 2.31. The van der Waals surface area contributed by atoms with Crippen molar-refractivity contribution in [2.45, 2.75) is 18.7 Å². The van der Waals surface area contributed by atoms with Crippen molar-refractivity contribution in [2.75, 3.05) is 6.61 Å². The minimum absolute atomic E-state index is 0.0164. The van der Waals surface area contributed by atoms with Gasteiger partial charge in [-0.3, -0.25) is 0 Å². The number of halogens is 1. The van der Waals surface area contributed by atoms with Gasteiger partial charge in [-0.1, -0.05) is 0 Å². The minimum Gasteiger partial charge on any atom is -0.504 e. The van der Waals surface area contributed by atoms with Crippen molar-refractivity contribution in [2.24, 2.45) is 0 Å². The molecule has 0 atom stereocenters. The summed E-state index contributed by atoms with van der Waals surface area (Å²) in [6, 6.07) is 5.84. The Morgan fingerprint density at radius 2 is 2.11 bits per heavy atom. The third-order valence-electron chi connectivity index (χ3n) is 2.27. The number of phenols is 1. The van der Waals surface area contributed by atoms with Crippen LogP contribution in [0.15, 0.2) is 33.5 Å². The lowest BCUT2D eigenvalue weighted by Crippen LogP contribution is -2.21. The zero-order chi connectivity index (χ0) is 13.3. The molecular weight excluding hydrogens is 256 g/mol. The average molecular weight is 269 g/mol. The zero-order valence-corrected chi connectivity index (χ0v) is 10.8. The fourth-order valence-electron chi connectivity index (χ4n) is 1.45. The Balaban J connectivity index is 2.39. The highest BCUT2D eigenvalue weighted by molar-refractivity contribution is 6.23. The second kappa shape index (κ2) is 4.53. The van der Waals surface area contributed by atoms with Gasteiger partial charge in [0.25, 0.3) is 0 Å². The first-order chi connectivity index (χ1) is 8.35. The predicted molar refractivity (Wildman–Crippen MR) is 69.6 cm³/mol. The molecule has 1 heterocycles. The summed E-state index contributed by atoms with van der Waals surface area (Å²) in [5.74, 6) is 0.225. The molecule has 1 aromatic heterocycles. The van der Waals surface area contributed by atoms with Crippen LogP contribution in [-0.2, 0) is 0 Å². The number of rotatable bonds is 3. The maximum absolute atomic E-state index is 11.1. The summed E-state index contributed by atoms with van der Waals surface area (Å²) in [6.45, 7) is 3.82. The predicted octanol–water partition coefficient (Wildman–Crippen LogP) is 2.89. The van der Waals surface area contributed by atoms with Crippen LogP contribution >= 0.6 is 11.6 Å². The van der Waals surface area contributed by atoms with Gasteiger partial charge in [-0.15, -0.1) is 11.6 Å². The van der Waals surface area contributed by atoms with Crippen LogP contribution in [0.4, 0.5) is 0 Å². The number of aromatic hydroxyl groups is 1. The number of hydrogen-bond donors (Lipinski definition) is 1. The Kier molecular flexibility index (Phi) is 3.22. The Morgan fingerprint density at radius 1 is 1.39 bits per heavy atom. The average Bonchev–Trinajstić information content (AvgIpc) is 2.26. The summed E-state index contributed by atoms with van der Waals surface area (Å²) in [6.07, 6.45) is 0. The number of ether oxygens (including phenoxy) is 1. The molecule has 0 unspecified atom stereocenters. The van der Waals surface area contributed by atoms with E-state index in [1.165, 1.54) is 18.2 Å². The van der Waals surface area contributed by atoms with E-state index in [1.807, 2.05) is 0 Å². The van der Waals surface area contributed by atoms with Crippen molar-refractivity contribution in [3.63, 3.8) is 0 Å². The van der Waals surface area contributed by atoms with Crippen LogP contribution in [-0.4, -0.2) is 16.6 Å². The third kappa shape index (κ3) is 2.96. The fraction of sp³-hybridized carbons (Fsp3) is 0.308. The molecule has 0 aliphatic heterocycles. The van der Waals surface area contributed by atoms with Crippen LogP contribution in [0.2, 0.25) is 0 Å². The maximum atomic E-state index is 11.1. The molecule has 96 valence electrons. The molecule has 0 saturated carbocycles. The third-order valence-corrected chi connectivity index (χ3v) is 2.38. The molecule has 5 heteroatoms. The highest BCUT2D eigenvalue weighted by Gasteiger charge is 2.16. The van der Waals surface area contributed by atoms with Gasteiger partial charge in [0.05, 0.1) is 4.87 Å². The van der Waals surface area contributed by atoms with Crippen LogP contribution in [0.5, 0.6) is 11.5 Å². The molecule has 0 aliphatic carbocycles. The van der Waals surface area contributed by atoms with E-state index in [4.69, 9.17) is 20.8 Å². The smallest absolute Gasteiger partial charge is 0.336 e. The number of phenolic OH excluding ortho intramolecular Hbond substituents is 1. The minimum atomic E-state index is -0.543. The van der Waals surface area contributed by atoms with Crippen molar-refractivity contribution >= 4 is 22.6 Å². The van der Waals surface area contributed by atoms with E-state index in [1.54, 1.807) is 19.9 Å². The molecule has 0 amide bonds. The van der Waals surface area contributed by atoms with Gasteiger partial charge in [0.2, 0.25) is 0 Å². The van der Waals surface area contributed by atoms with E-state index in [-0.39, 0.29) is 18.1 Å². The molecule has 2 rings (SSSR count).